The van der Waals surface area contributed by atoms with Gasteiger partial charge in [-0.15, -0.1) is 0 Å². The third kappa shape index (κ3) is 3.61. The average molecular weight is 264 g/mol. The number of nitrogens with one attached hydrogen (secondary N) is 1. The van der Waals surface area contributed by atoms with E-state index in [1.807, 2.05) is 0 Å². The Morgan fingerprint density at radius 1 is 1.37 bits per heavy atom. The number of aromatic hydroxyl groups is 1. The summed E-state index contributed by atoms with van der Waals surface area (Å²) in [6.07, 6.45) is 0.308. The van der Waals surface area contributed by atoms with Crippen molar-refractivity contribution in [1.82, 2.24) is 10.2 Å². The molecule has 1 aliphatic heterocycles. The van der Waals surface area contributed by atoms with Gasteiger partial charge in [0.05, 0.1) is 0 Å². The van der Waals surface area contributed by atoms with Crippen molar-refractivity contribution >= 4 is 11.8 Å². The van der Waals surface area contributed by atoms with Crippen LogP contribution in [0.25, 0.3) is 0 Å². The van der Waals surface area contributed by atoms with Gasteiger partial charge in [-0.05, 0) is 12.1 Å². The van der Waals surface area contributed by atoms with Crippen LogP contribution in [0.1, 0.15) is 6.42 Å². The van der Waals surface area contributed by atoms with Crippen molar-refractivity contribution in [3.63, 3.8) is 0 Å². The van der Waals surface area contributed by atoms with Gasteiger partial charge in [-0.25, -0.2) is 0 Å². The molecule has 1 fully saturated rings. The summed E-state index contributed by atoms with van der Waals surface area (Å²) >= 11 is 0. The topological polar surface area (TPSA) is 78.9 Å². The molecule has 2 amide bonds. The molecule has 19 heavy (non-hydrogen) atoms. The lowest BCUT2D eigenvalue weighted by Gasteiger charge is -2.19. The number of rotatable bonds is 3. The minimum absolute atomic E-state index is 0.00279. The fraction of sp³-hybridized carbons (Fsp3) is 0.385. The number of ether oxygens (including phenoxy) is 1. The number of amides is 2. The van der Waals surface area contributed by atoms with E-state index in [4.69, 9.17) is 4.74 Å². The molecule has 0 atom stereocenters. The summed E-state index contributed by atoms with van der Waals surface area (Å²) in [6.45, 7) is 1.19. The smallest absolute Gasteiger partial charge is 0.260 e. The molecule has 1 aliphatic rings. The lowest BCUT2D eigenvalue weighted by atomic mass is 10.3. The Hall–Kier alpha value is -2.24. The molecule has 1 heterocycles. The summed E-state index contributed by atoms with van der Waals surface area (Å²) < 4.78 is 5.27. The molecule has 0 aromatic heterocycles. The highest BCUT2D eigenvalue weighted by atomic mass is 16.5. The summed E-state index contributed by atoms with van der Waals surface area (Å²) in [5.41, 5.74) is 0. The van der Waals surface area contributed by atoms with Crippen molar-refractivity contribution in [2.24, 2.45) is 0 Å². The van der Waals surface area contributed by atoms with Crippen LogP contribution in [0, 0.1) is 0 Å². The molecular weight excluding hydrogens is 248 g/mol. The summed E-state index contributed by atoms with van der Waals surface area (Å²) in [7, 11) is 0. The molecule has 1 aromatic rings. The number of phenols is 1. The van der Waals surface area contributed by atoms with E-state index in [9.17, 15) is 14.7 Å². The maximum atomic E-state index is 11.9. The van der Waals surface area contributed by atoms with Crippen LogP contribution < -0.4 is 10.1 Å². The van der Waals surface area contributed by atoms with Gasteiger partial charge in [-0.2, -0.15) is 0 Å². The van der Waals surface area contributed by atoms with Gasteiger partial charge < -0.3 is 20.1 Å². The van der Waals surface area contributed by atoms with E-state index < -0.39 is 0 Å². The standard InChI is InChI=1S/C13H16N2O4/c16-10-3-1-2-4-11(10)19-9-13(18)15-7-5-12(17)14-6-8-15/h1-4,16H,5-9H2,(H,14,17). The zero-order valence-corrected chi connectivity index (χ0v) is 10.5. The Bertz CT molecular complexity index is 475. The van der Waals surface area contributed by atoms with Crippen molar-refractivity contribution in [3.05, 3.63) is 24.3 Å². The van der Waals surface area contributed by atoms with E-state index in [0.29, 0.717) is 26.1 Å². The monoisotopic (exact) mass is 264 g/mol. The number of nitrogens with zero attached hydrogens (tertiary/aromatic N) is 1. The van der Waals surface area contributed by atoms with E-state index in [0.717, 1.165) is 0 Å². The van der Waals surface area contributed by atoms with Crippen molar-refractivity contribution in [2.45, 2.75) is 6.42 Å². The second-order valence-corrected chi connectivity index (χ2v) is 4.24. The predicted octanol–water partition coefficient (Wildman–Crippen LogP) is 0.119. The van der Waals surface area contributed by atoms with Crippen LogP contribution in [-0.4, -0.2) is 48.1 Å². The Balaban J connectivity index is 1.87. The SMILES string of the molecule is O=C1CCN(C(=O)COc2ccccc2O)CCN1. The Labute approximate surface area is 111 Å². The second-order valence-electron chi connectivity index (χ2n) is 4.24. The molecule has 2 rings (SSSR count). The first-order valence-electron chi connectivity index (χ1n) is 6.12. The van der Waals surface area contributed by atoms with Gasteiger partial charge in [0.15, 0.2) is 18.1 Å². The highest BCUT2D eigenvalue weighted by molar-refractivity contribution is 5.81. The van der Waals surface area contributed by atoms with Crippen LogP contribution in [0.5, 0.6) is 11.5 Å². The summed E-state index contributed by atoms with van der Waals surface area (Å²) in [5.74, 6) is 0.0413. The zero-order valence-electron chi connectivity index (χ0n) is 10.5. The van der Waals surface area contributed by atoms with Crippen molar-refractivity contribution in [1.29, 1.82) is 0 Å². The van der Waals surface area contributed by atoms with Crippen molar-refractivity contribution in [2.75, 3.05) is 26.2 Å². The summed E-state index contributed by atoms with van der Waals surface area (Å²) in [6, 6.07) is 6.48. The van der Waals surface area contributed by atoms with E-state index in [1.54, 1.807) is 23.1 Å². The van der Waals surface area contributed by atoms with Crippen LogP contribution in [-0.2, 0) is 9.59 Å². The maximum absolute atomic E-state index is 11.9. The van der Waals surface area contributed by atoms with Crippen LogP contribution in [0.4, 0.5) is 0 Å². The molecule has 0 spiro atoms. The highest BCUT2D eigenvalue weighted by Crippen LogP contribution is 2.24. The van der Waals surface area contributed by atoms with E-state index in [1.165, 1.54) is 6.07 Å². The molecule has 0 unspecified atom stereocenters. The Morgan fingerprint density at radius 2 is 2.16 bits per heavy atom. The fourth-order valence-electron chi connectivity index (χ4n) is 1.83. The van der Waals surface area contributed by atoms with Crippen LogP contribution in [0.3, 0.4) is 0 Å². The first-order chi connectivity index (χ1) is 9.16. The van der Waals surface area contributed by atoms with Gasteiger partial charge in [0.25, 0.3) is 5.91 Å². The van der Waals surface area contributed by atoms with Crippen LogP contribution >= 0.6 is 0 Å². The molecule has 1 aromatic carbocycles. The molecule has 1 saturated heterocycles. The highest BCUT2D eigenvalue weighted by Gasteiger charge is 2.18. The number of carbonyl (C=O) groups is 2. The van der Waals surface area contributed by atoms with Gasteiger partial charge in [0, 0.05) is 26.1 Å². The minimum Gasteiger partial charge on any atom is -0.504 e. The molecule has 102 valence electrons. The average Bonchev–Trinajstić information content (AvgIpc) is 2.62. The van der Waals surface area contributed by atoms with Gasteiger partial charge in [-0.3, -0.25) is 9.59 Å². The maximum Gasteiger partial charge on any atom is 0.260 e. The van der Waals surface area contributed by atoms with E-state index in [2.05, 4.69) is 5.32 Å². The predicted molar refractivity (Wildman–Crippen MR) is 67.8 cm³/mol. The fourth-order valence-corrected chi connectivity index (χ4v) is 1.83. The van der Waals surface area contributed by atoms with E-state index in [-0.39, 0.29) is 29.9 Å². The quantitative estimate of drug-likeness (QED) is 0.812. The number of para-hydroxylation sites is 2. The second kappa shape index (κ2) is 6.08. The molecule has 6 heteroatoms. The van der Waals surface area contributed by atoms with Gasteiger partial charge >= 0.3 is 0 Å². The Morgan fingerprint density at radius 3 is 2.95 bits per heavy atom. The van der Waals surface area contributed by atoms with Crippen molar-refractivity contribution in [3.8, 4) is 11.5 Å². The first-order valence-corrected chi connectivity index (χ1v) is 6.12. The van der Waals surface area contributed by atoms with Crippen LogP contribution in [0.2, 0.25) is 0 Å². The summed E-state index contributed by atoms with van der Waals surface area (Å²) in [5, 5.41) is 12.2. The summed E-state index contributed by atoms with van der Waals surface area (Å²) in [4.78, 5) is 24.7. The van der Waals surface area contributed by atoms with E-state index >= 15 is 0 Å². The molecule has 0 aliphatic carbocycles. The largest absolute Gasteiger partial charge is 0.504 e. The number of hydrogen-bond acceptors (Lipinski definition) is 4. The van der Waals surface area contributed by atoms with Gasteiger partial charge in [0.1, 0.15) is 0 Å². The zero-order chi connectivity index (χ0) is 13.7. The third-order valence-corrected chi connectivity index (χ3v) is 2.88. The normalized spacial score (nSPS) is 15.6. The first kappa shape index (κ1) is 13.2. The van der Waals surface area contributed by atoms with Crippen molar-refractivity contribution < 1.29 is 19.4 Å². The molecule has 0 radical (unpaired) electrons. The van der Waals surface area contributed by atoms with Gasteiger partial charge in [0.2, 0.25) is 5.91 Å². The number of carbonyl (C=O) groups excluding carboxylic acids is 2. The Kier molecular flexibility index (Phi) is 4.22. The lowest BCUT2D eigenvalue weighted by Crippen LogP contribution is -2.37. The number of hydrogen-bond donors (Lipinski definition) is 2. The number of benzene rings is 1. The van der Waals surface area contributed by atoms with Crippen LogP contribution in [0.15, 0.2) is 24.3 Å². The number of phenolic OH excluding ortho intramolecular Hbond substituents is 1. The molecular formula is C13H16N2O4. The lowest BCUT2D eigenvalue weighted by molar-refractivity contribution is -0.133. The molecule has 2 N–H and O–H groups in total. The molecule has 0 saturated carbocycles. The molecule has 6 nitrogen and oxygen atoms in total. The third-order valence-electron chi connectivity index (χ3n) is 2.88. The minimum atomic E-state index is -0.195. The van der Waals surface area contributed by atoms with Gasteiger partial charge in [-0.1, -0.05) is 12.1 Å². The molecule has 0 bridgehead atoms.